The fourth-order valence-corrected chi connectivity index (χ4v) is 2.24. The van der Waals surface area contributed by atoms with E-state index in [1.54, 1.807) is 17.1 Å². The highest BCUT2D eigenvalue weighted by molar-refractivity contribution is 6.20. The third kappa shape index (κ3) is 2.76. The highest BCUT2D eigenvalue weighted by Crippen LogP contribution is 2.22. The number of hydrogen-bond donors (Lipinski definition) is 1. The number of carbonyl (C=O) groups excluding carboxylic acids is 1. The predicted molar refractivity (Wildman–Crippen MR) is 62.6 cm³/mol. The summed E-state index contributed by atoms with van der Waals surface area (Å²) in [6.45, 7) is 0. The molecule has 4 nitrogen and oxygen atoms in total. The van der Waals surface area contributed by atoms with Crippen molar-refractivity contribution in [1.29, 1.82) is 0 Å². The Bertz CT molecular complexity index is 369. The number of imidazole rings is 1. The van der Waals surface area contributed by atoms with Gasteiger partial charge in [0.2, 0.25) is 0 Å². The molecule has 1 amide bonds. The summed E-state index contributed by atoms with van der Waals surface area (Å²) in [6.07, 6.45) is 7.25. The van der Waals surface area contributed by atoms with Crippen molar-refractivity contribution in [2.75, 3.05) is 0 Å². The van der Waals surface area contributed by atoms with Crippen molar-refractivity contribution < 1.29 is 4.79 Å². The van der Waals surface area contributed by atoms with Crippen LogP contribution in [0.15, 0.2) is 12.5 Å². The number of hydrogen-bond acceptors (Lipinski definition) is 2. The summed E-state index contributed by atoms with van der Waals surface area (Å²) in [5.41, 5.74) is 0.482. The second kappa shape index (κ2) is 4.87. The number of carbonyl (C=O) groups is 1. The topological polar surface area (TPSA) is 46.9 Å². The van der Waals surface area contributed by atoms with Crippen molar-refractivity contribution in [2.24, 2.45) is 7.05 Å². The van der Waals surface area contributed by atoms with E-state index in [0.29, 0.717) is 5.69 Å². The summed E-state index contributed by atoms with van der Waals surface area (Å²) >= 11 is 6.01. The van der Waals surface area contributed by atoms with Crippen LogP contribution in [0.5, 0.6) is 0 Å². The van der Waals surface area contributed by atoms with Gasteiger partial charge in [-0.3, -0.25) is 4.79 Å². The van der Waals surface area contributed by atoms with Gasteiger partial charge in [-0.15, -0.1) is 11.6 Å². The molecule has 2 rings (SSSR count). The fraction of sp³-hybridized carbons (Fsp3) is 0.636. The van der Waals surface area contributed by atoms with Gasteiger partial charge in [0.25, 0.3) is 5.91 Å². The molecule has 1 aliphatic carbocycles. The maximum Gasteiger partial charge on any atom is 0.271 e. The minimum absolute atomic E-state index is 0.0846. The van der Waals surface area contributed by atoms with Crippen molar-refractivity contribution in [3.63, 3.8) is 0 Å². The first-order valence-corrected chi connectivity index (χ1v) is 6.01. The molecule has 1 aromatic rings. The normalized spacial score (nSPS) is 25.4. The van der Waals surface area contributed by atoms with E-state index in [1.165, 1.54) is 0 Å². The Morgan fingerprint density at radius 3 is 2.75 bits per heavy atom. The molecule has 0 unspecified atom stereocenters. The molecule has 1 aromatic heterocycles. The summed E-state index contributed by atoms with van der Waals surface area (Å²) in [4.78, 5) is 15.8. The summed E-state index contributed by atoms with van der Waals surface area (Å²) < 4.78 is 1.77. The van der Waals surface area contributed by atoms with Crippen molar-refractivity contribution in [2.45, 2.75) is 37.1 Å². The van der Waals surface area contributed by atoms with Gasteiger partial charge in [0, 0.05) is 24.7 Å². The van der Waals surface area contributed by atoms with Crippen LogP contribution in [0, 0.1) is 0 Å². The van der Waals surface area contributed by atoms with Crippen LogP contribution in [0.1, 0.15) is 36.2 Å². The average Bonchev–Trinajstić information content (AvgIpc) is 2.68. The summed E-state index contributed by atoms with van der Waals surface area (Å²) in [6, 6.07) is 0.254. The molecule has 0 radical (unpaired) electrons. The predicted octanol–water partition coefficient (Wildman–Crippen LogP) is 1.70. The molecule has 88 valence electrons. The van der Waals surface area contributed by atoms with Crippen LogP contribution in [0.2, 0.25) is 0 Å². The van der Waals surface area contributed by atoms with Crippen LogP contribution in [0.25, 0.3) is 0 Å². The number of halogens is 1. The summed E-state index contributed by atoms with van der Waals surface area (Å²) in [5, 5.41) is 3.28. The molecule has 1 heterocycles. The van der Waals surface area contributed by atoms with Gasteiger partial charge in [0.15, 0.2) is 0 Å². The Balaban J connectivity index is 1.88. The Morgan fingerprint density at radius 1 is 1.50 bits per heavy atom. The summed E-state index contributed by atoms with van der Waals surface area (Å²) in [7, 11) is 1.85. The molecule has 5 heteroatoms. The zero-order chi connectivity index (χ0) is 11.5. The first kappa shape index (κ1) is 11.5. The molecular formula is C11H16ClN3O. The van der Waals surface area contributed by atoms with Crippen molar-refractivity contribution >= 4 is 17.5 Å². The molecule has 0 saturated heterocycles. The molecule has 1 N–H and O–H groups in total. The van der Waals surface area contributed by atoms with Crippen molar-refractivity contribution in [3.8, 4) is 0 Å². The van der Waals surface area contributed by atoms with E-state index in [-0.39, 0.29) is 17.3 Å². The summed E-state index contributed by atoms with van der Waals surface area (Å²) in [5.74, 6) is -0.0846. The third-order valence-electron chi connectivity index (χ3n) is 2.93. The second-order valence-corrected chi connectivity index (χ2v) is 4.96. The van der Waals surface area contributed by atoms with Gasteiger partial charge in [0.1, 0.15) is 5.69 Å². The molecule has 0 aromatic carbocycles. The molecule has 1 aliphatic rings. The number of aryl methyl sites for hydroxylation is 1. The maximum atomic E-state index is 11.8. The van der Waals surface area contributed by atoms with Gasteiger partial charge in [-0.2, -0.15) is 0 Å². The first-order valence-electron chi connectivity index (χ1n) is 5.58. The van der Waals surface area contributed by atoms with Crippen LogP contribution in [0.3, 0.4) is 0 Å². The van der Waals surface area contributed by atoms with E-state index in [9.17, 15) is 4.79 Å². The molecule has 0 aliphatic heterocycles. The first-order chi connectivity index (χ1) is 7.65. The lowest BCUT2D eigenvalue weighted by Crippen LogP contribution is -2.38. The van der Waals surface area contributed by atoms with Crippen LogP contribution < -0.4 is 5.32 Å². The van der Waals surface area contributed by atoms with E-state index in [0.717, 1.165) is 25.7 Å². The van der Waals surface area contributed by atoms with E-state index >= 15 is 0 Å². The maximum absolute atomic E-state index is 11.8. The Morgan fingerprint density at radius 2 is 2.19 bits per heavy atom. The van der Waals surface area contributed by atoms with Gasteiger partial charge in [0.05, 0.1) is 6.33 Å². The quantitative estimate of drug-likeness (QED) is 0.802. The average molecular weight is 242 g/mol. The van der Waals surface area contributed by atoms with E-state index in [1.807, 2.05) is 7.05 Å². The lowest BCUT2D eigenvalue weighted by molar-refractivity contribution is 0.0923. The minimum Gasteiger partial charge on any atom is -0.348 e. The van der Waals surface area contributed by atoms with Gasteiger partial charge >= 0.3 is 0 Å². The van der Waals surface area contributed by atoms with Crippen LogP contribution in [-0.2, 0) is 7.05 Å². The number of nitrogens with one attached hydrogen (secondary N) is 1. The number of aromatic nitrogens is 2. The number of alkyl halides is 1. The van der Waals surface area contributed by atoms with E-state index in [4.69, 9.17) is 11.6 Å². The lowest BCUT2D eigenvalue weighted by Gasteiger charge is -2.25. The number of nitrogens with zero attached hydrogens (tertiary/aromatic N) is 2. The smallest absolute Gasteiger partial charge is 0.271 e. The van der Waals surface area contributed by atoms with Crippen LogP contribution >= 0.6 is 11.6 Å². The Hall–Kier alpha value is -1.03. The Kier molecular flexibility index (Phi) is 3.49. The lowest BCUT2D eigenvalue weighted by atomic mass is 9.95. The fourth-order valence-electron chi connectivity index (χ4n) is 1.99. The molecule has 1 saturated carbocycles. The SMILES string of the molecule is Cn1cnc(C(=O)NC2CCC(Cl)CC2)c1. The molecule has 0 bridgehead atoms. The highest BCUT2D eigenvalue weighted by Gasteiger charge is 2.21. The number of amides is 1. The molecule has 16 heavy (non-hydrogen) atoms. The van der Waals surface area contributed by atoms with Gasteiger partial charge in [-0.1, -0.05) is 0 Å². The van der Waals surface area contributed by atoms with Crippen LogP contribution in [-0.4, -0.2) is 26.9 Å². The molecule has 0 atom stereocenters. The zero-order valence-electron chi connectivity index (χ0n) is 9.32. The van der Waals surface area contributed by atoms with E-state index in [2.05, 4.69) is 10.3 Å². The standard InChI is InChI=1S/C11H16ClN3O/c1-15-6-10(13-7-15)11(16)14-9-4-2-8(12)3-5-9/h6-9H,2-5H2,1H3,(H,14,16). The molecular weight excluding hydrogens is 226 g/mol. The molecule has 0 spiro atoms. The zero-order valence-corrected chi connectivity index (χ0v) is 10.1. The molecule has 1 fully saturated rings. The van der Waals surface area contributed by atoms with Crippen molar-refractivity contribution in [3.05, 3.63) is 18.2 Å². The minimum atomic E-state index is -0.0846. The van der Waals surface area contributed by atoms with Gasteiger partial charge in [-0.25, -0.2) is 4.98 Å². The van der Waals surface area contributed by atoms with Gasteiger partial charge in [-0.05, 0) is 25.7 Å². The van der Waals surface area contributed by atoms with E-state index < -0.39 is 0 Å². The van der Waals surface area contributed by atoms with Crippen molar-refractivity contribution in [1.82, 2.24) is 14.9 Å². The second-order valence-electron chi connectivity index (χ2n) is 4.35. The number of rotatable bonds is 2. The van der Waals surface area contributed by atoms with Gasteiger partial charge < -0.3 is 9.88 Å². The highest BCUT2D eigenvalue weighted by atomic mass is 35.5. The largest absolute Gasteiger partial charge is 0.348 e. The monoisotopic (exact) mass is 241 g/mol. The third-order valence-corrected chi connectivity index (χ3v) is 3.37. The Labute approximate surface area is 100.0 Å². The van der Waals surface area contributed by atoms with Crippen LogP contribution in [0.4, 0.5) is 0 Å².